The zero-order chi connectivity index (χ0) is 39.0. The van der Waals surface area contributed by atoms with Crippen LogP contribution in [0, 0.1) is 29.5 Å². The van der Waals surface area contributed by atoms with Gasteiger partial charge >= 0.3 is 6.36 Å². The van der Waals surface area contributed by atoms with Crippen molar-refractivity contribution < 1.29 is 46.6 Å². The van der Waals surface area contributed by atoms with Crippen LogP contribution in [0.3, 0.4) is 0 Å². The SMILES string of the molecule is C=Cc1ccc(N2C(=O)[C@H]3[C@H](CC=C4[C@H]3C[C@H]3C(=O)N(Nc5ccc(F)cc5)C(=O)[C@@]3(c3ccc(Cl)cc3)[C@H]4c3cc(OC(F)(F)F)ccc3O)C2=O)cc1. The first-order valence-corrected chi connectivity index (χ1v) is 17.7. The number of halogens is 5. The molecule has 0 unspecified atom stereocenters. The summed E-state index contributed by atoms with van der Waals surface area (Å²) in [6.45, 7) is 3.74. The van der Waals surface area contributed by atoms with E-state index < -0.39 is 82.3 Å². The van der Waals surface area contributed by atoms with Crippen LogP contribution in [0.5, 0.6) is 11.5 Å². The largest absolute Gasteiger partial charge is 0.573 e. The molecule has 4 aromatic rings. The van der Waals surface area contributed by atoms with Crippen molar-refractivity contribution >= 4 is 52.7 Å². The smallest absolute Gasteiger partial charge is 0.508 e. The van der Waals surface area contributed by atoms with Gasteiger partial charge in [0.15, 0.2) is 0 Å². The van der Waals surface area contributed by atoms with E-state index in [1.807, 2.05) is 0 Å². The second kappa shape index (κ2) is 13.1. The van der Waals surface area contributed by atoms with Gasteiger partial charge in [0, 0.05) is 16.5 Å². The van der Waals surface area contributed by atoms with Gasteiger partial charge in [-0.25, -0.2) is 4.39 Å². The Kier molecular flexibility index (Phi) is 8.60. The molecule has 2 heterocycles. The molecule has 3 fully saturated rings. The molecule has 14 heteroatoms. The van der Waals surface area contributed by atoms with Gasteiger partial charge in [-0.1, -0.05) is 60.2 Å². The molecule has 2 aliphatic carbocycles. The number of nitrogens with one attached hydrogen (secondary N) is 1. The van der Waals surface area contributed by atoms with Crippen LogP contribution in [-0.4, -0.2) is 40.1 Å². The molecular formula is C41H30ClF4N3O6. The summed E-state index contributed by atoms with van der Waals surface area (Å²) in [4.78, 5) is 59.6. The van der Waals surface area contributed by atoms with Crippen molar-refractivity contribution in [2.75, 3.05) is 10.3 Å². The number of hydrogen-bond acceptors (Lipinski definition) is 7. The maximum atomic E-state index is 15.2. The molecule has 4 aliphatic rings. The number of fused-ring (bicyclic) bond motifs is 4. The molecule has 9 nitrogen and oxygen atoms in total. The van der Waals surface area contributed by atoms with E-state index in [1.165, 1.54) is 36.4 Å². The van der Waals surface area contributed by atoms with Crippen molar-refractivity contribution in [2.45, 2.75) is 30.5 Å². The van der Waals surface area contributed by atoms with Crippen molar-refractivity contribution in [1.82, 2.24) is 5.01 Å². The van der Waals surface area contributed by atoms with Gasteiger partial charge < -0.3 is 9.84 Å². The van der Waals surface area contributed by atoms with E-state index in [4.69, 9.17) is 11.6 Å². The maximum absolute atomic E-state index is 15.2. The Morgan fingerprint density at radius 3 is 2.24 bits per heavy atom. The Balaban J connectivity index is 1.34. The zero-order valence-corrected chi connectivity index (χ0v) is 29.4. The zero-order valence-electron chi connectivity index (χ0n) is 28.6. The lowest BCUT2D eigenvalue weighted by atomic mass is 9.49. The molecule has 1 saturated carbocycles. The molecular weight excluding hydrogens is 742 g/mol. The van der Waals surface area contributed by atoms with E-state index >= 15 is 4.79 Å². The van der Waals surface area contributed by atoms with Gasteiger partial charge in [-0.2, -0.15) is 5.01 Å². The van der Waals surface area contributed by atoms with E-state index in [9.17, 15) is 37.1 Å². The van der Waals surface area contributed by atoms with E-state index in [-0.39, 0.29) is 29.7 Å². The molecule has 8 rings (SSSR count). The van der Waals surface area contributed by atoms with Crippen LogP contribution in [0.25, 0.3) is 6.08 Å². The second-order valence-corrected chi connectivity index (χ2v) is 14.4. The molecule has 0 spiro atoms. The van der Waals surface area contributed by atoms with E-state index in [2.05, 4.69) is 16.7 Å². The van der Waals surface area contributed by atoms with Crippen molar-refractivity contribution in [3.8, 4) is 11.5 Å². The third kappa shape index (κ3) is 5.76. The highest BCUT2D eigenvalue weighted by Crippen LogP contribution is 2.65. The molecule has 6 atom stereocenters. The Bertz CT molecular complexity index is 2300. The van der Waals surface area contributed by atoms with Crippen LogP contribution in [0.1, 0.15) is 35.4 Å². The summed E-state index contributed by atoms with van der Waals surface area (Å²) < 4.78 is 58.9. The normalized spacial score (nSPS) is 26.0. The monoisotopic (exact) mass is 771 g/mol. The van der Waals surface area contributed by atoms with Crippen molar-refractivity contribution in [3.05, 3.63) is 137 Å². The highest BCUT2D eigenvalue weighted by atomic mass is 35.5. The molecule has 0 radical (unpaired) electrons. The lowest BCUT2D eigenvalue weighted by Gasteiger charge is -2.50. The first kappa shape index (κ1) is 36.0. The fraction of sp³-hybridized carbons (Fsp3) is 0.220. The van der Waals surface area contributed by atoms with Crippen LogP contribution in [0.4, 0.5) is 28.9 Å². The molecule has 4 aromatic carbocycles. The van der Waals surface area contributed by atoms with Crippen LogP contribution in [0.2, 0.25) is 5.02 Å². The Morgan fingerprint density at radius 1 is 0.891 bits per heavy atom. The van der Waals surface area contributed by atoms with Crippen LogP contribution in [0.15, 0.2) is 109 Å². The number of rotatable bonds is 7. The summed E-state index contributed by atoms with van der Waals surface area (Å²) in [7, 11) is 0. The number of allylic oxidation sites excluding steroid dienone is 2. The number of ether oxygens (including phenoxy) is 1. The summed E-state index contributed by atoms with van der Waals surface area (Å²) in [6, 6.07) is 20.5. The minimum absolute atomic E-state index is 0.0271. The van der Waals surface area contributed by atoms with Gasteiger partial charge in [0.1, 0.15) is 17.3 Å². The fourth-order valence-corrected chi connectivity index (χ4v) is 9.10. The number of carbonyl (C=O) groups excluding carboxylic acids is 4. The molecule has 280 valence electrons. The average molecular weight is 772 g/mol. The number of imide groups is 2. The Labute approximate surface area is 316 Å². The van der Waals surface area contributed by atoms with Crippen LogP contribution < -0.4 is 15.1 Å². The first-order chi connectivity index (χ1) is 26.2. The highest BCUT2D eigenvalue weighted by molar-refractivity contribution is 6.30. The first-order valence-electron chi connectivity index (χ1n) is 17.3. The number of phenols is 1. The fourth-order valence-electron chi connectivity index (χ4n) is 8.97. The number of anilines is 2. The molecule has 0 aromatic heterocycles. The minimum atomic E-state index is -5.12. The topological polar surface area (TPSA) is 116 Å². The number of nitrogens with zero attached hydrogens (tertiary/aromatic N) is 2. The number of carbonyl (C=O) groups is 4. The van der Waals surface area contributed by atoms with Gasteiger partial charge in [-0.05, 0) is 96.6 Å². The number of benzene rings is 4. The van der Waals surface area contributed by atoms with Crippen molar-refractivity contribution in [3.63, 3.8) is 0 Å². The van der Waals surface area contributed by atoms with Crippen LogP contribution in [-0.2, 0) is 24.6 Å². The summed E-state index contributed by atoms with van der Waals surface area (Å²) in [5.74, 6) is -9.73. The standard InChI is InChI=1S/C41H30ClF4N3O6/c1-2-21-3-13-26(14-4-21)48-36(51)29-17-16-28-30(34(29)38(48)53)20-32-37(52)49(47-25-11-9-24(43)10-12-25)39(54)40(32,22-5-7-23(42)8-6-22)35(28)31-19-27(15-18-33(31)50)55-41(44,45)46/h2-16,18-19,29-30,32,34-35,47,50H,1,17,20H2/t29-,30+,32-,34-,35+,40+/m0/s1. The van der Waals surface area contributed by atoms with Gasteiger partial charge in [-0.15, -0.1) is 13.2 Å². The van der Waals surface area contributed by atoms with Crippen molar-refractivity contribution in [2.24, 2.45) is 23.7 Å². The minimum Gasteiger partial charge on any atom is -0.508 e. The average Bonchev–Trinajstić information content (AvgIpc) is 3.53. The van der Waals surface area contributed by atoms with E-state index in [0.29, 0.717) is 16.3 Å². The summed E-state index contributed by atoms with van der Waals surface area (Å²) in [5, 5.41) is 12.6. The number of amides is 4. The van der Waals surface area contributed by atoms with Gasteiger partial charge in [0.25, 0.3) is 11.8 Å². The predicted octanol–water partition coefficient (Wildman–Crippen LogP) is 7.92. The van der Waals surface area contributed by atoms with Gasteiger partial charge in [0.2, 0.25) is 11.8 Å². The summed E-state index contributed by atoms with van der Waals surface area (Å²) >= 11 is 6.29. The molecule has 2 saturated heterocycles. The molecule has 2 N–H and O–H groups in total. The molecule has 2 aliphatic heterocycles. The number of alkyl halides is 3. The van der Waals surface area contributed by atoms with Crippen LogP contribution >= 0.6 is 11.6 Å². The Morgan fingerprint density at radius 2 is 1.58 bits per heavy atom. The summed E-state index contributed by atoms with van der Waals surface area (Å²) in [6.07, 6.45) is -1.90. The number of hydrazine groups is 1. The van der Waals surface area contributed by atoms with Gasteiger partial charge in [-0.3, -0.25) is 29.5 Å². The molecule has 0 bridgehead atoms. The third-order valence-electron chi connectivity index (χ3n) is 11.2. The lowest BCUT2D eigenvalue weighted by Crippen LogP contribution is -2.53. The van der Waals surface area contributed by atoms with Gasteiger partial charge in [0.05, 0.1) is 34.5 Å². The number of phenolic OH excluding ortho intramolecular Hbond substituents is 1. The lowest BCUT2D eigenvalue weighted by molar-refractivity contribution is -0.274. The second-order valence-electron chi connectivity index (χ2n) is 13.9. The third-order valence-corrected chi connectivity index (χ3v) is 11.4. The predicted molar refractivity (Wildman–Crippen MR) is 193 cm³/mol. The Hall–Kier alpha value is -5.95. The van der Waals surface area contributed by atoms with E-state index in [1.54, 1.807) is 36.4 Å². The molecule has 4 amide bonds. The summed E-state index contributed by atoms with van der Waals surface area (Å²) in [5.41, 5.74) is 2.60. The number of hydrogen-bond donors (Lipinski definition) is 2. The number of aromatic hydroxyl groups is 1. The quantitative estimate of drug-likeness (QED) is 0.112. The van der Waals surface area contributed by atoms with Crippen molar-refractivity contribution in [1.29, 1.82) is 0 Å². The molecule has 55 heavy (non-hydrogen) atoms. The highest BCUT2D eigenvalue weighted by Gasteiger charge is 2.70. The van der Waals surface area contributed by atoms with E-state index in [0.717, 1.165) is 45.8 Å². The maximum Gasteiger partial charge on any atom is 0.573 e.